The van der Waals surface area contributed by atoms with E-state index < -0.39 is 0 Å². The summed E-state index contributed by atoms with van der Waals surface area (Å²) in [5.74, 6) is 0. The van der Waals surface area contributed by atoms with E-state index in [0.717, 1.165) is 54.9 Å². The van der Waals surface area contributed by atoms with Crippen molar-refractivity contribution >= 4 is 28.2 Å². The van der Waals surface area contributed by atoms with Crippen molar-refractivity contribution in [3.63, 3.8) is 0 Å². The molecule has 1 aliphatic rings. The first-order valence-electron chi connectivity index (χ1n) is 8.02. The van der Waals surface area contributed by atoms with Crippen LogP contribution in [0.15, 0.2) is 24.4 Å². The average molecular weight is 335 g/mol. The van der Waals surface area contributed by atoms with Gasteiger partial charge in [0.25, 0.3) is 0 Å². The maximum atomic E-state index is 9.09. The van der Waals surface area contributed by atoms with Gasteiger partial charge in [0.1, 0.15) is 0 Å². The van der Waals surface area contributed by atoms with Crippen LogP contribution < -0.4 is 10.6 Å². The van der Waals surface area contributed by atoms with Crippen molar-refractivity contribution in [2.75, 3.05) is 44.2 Å². The predicted octanol–water partition coefficient (Wildman–Crippen LogP) is 2.02. The lowest BCUT2D eigenvalue weighted by molar-refractivity contribution is 0.189. The van der Waals surface area contributed by atoms with Gasteiger partial charge in [-0.3, -0.25) is 9.88 Å². The Bertz CT molecular complexity index is 684. The first kappa shape index (κ1) is 16.5. The van der Waals surface area contributed by atoms with Gasteiger partial charge in [-0.25, -0.2) is 0 Å². The van der Waals surface area contributed by atoms with Crippen LogP contribution in [0.2, 0.25) is 5.02 Å². The first-order valence-corrected chi connectivity index (χ1v) is 8.40. The van der Waals surface area contributed by atoms with Crippen LogP contribution in [0, 0.1) is 0 Å². The van der Waals surface area contributed by atoms with E-state index in [2.05, 4.69) is 14.8 Å². The molecule has 2 aromatic rings. The number of benzene rings is 1. The number of pyridine rings is 1. The fourth-order valence-corrected chi connectivity index (χ4v) is 3.49. The van der Waals surface area contributed by atoms with Gasteiger partial charge in [0.05, 0.1) is 22.8 Å². The van der Waals surface area contributed by atoms with Crippen molar-refractivity contribution in [1.82, 2.24) is 9.88 Å². The lowest BCUT2D eigenvalue weighted by Crippen LogP contribution is -2.47. The highest BCUT2D eigenvalue weighted by atomic mass is 35.5. The average Bonchev–Trinajstić information content (AvgIpc) is 2.56. The van der Waals surface area contributed by atoms with E-state index in [4.69, 9.17) is 22.4 Å². The fourth-order valence-electron chi connectivity index (χ4n) is 3.22. The van der Waals surface area contributed by atoms with Gasteiger partial charge in [0.15, 0.2) is 0 Å². The molecule has 6 heteroatoms. The molecule has 3 N–H and O–H groups in total. The van der Waals surface area contributed by atoms with Crippen molar-refractivity contribution in [1.29, 1.82) is 0 Å². The number of halogens is 1. The first-order chi connectivity index (χ1) is 11.1. The van der Waals surface area contributed by atoms with E-state index in [9.17, 15) is 0 Å². The molecule has 1 aromatic carbocycles. The van der Waals surface area contributed by atoms with Gasteiger partial charge >= 0.3 is 0 Å². The molecular weight excluding hydrogens is 312 g/mol. The fraction of sp³-hybridized carbons (Fsp3) is 0.471. The van der Waals surface area contributed by atoms with Gasteiger partial charge in [-0.05, 0) is 30.7 Å². The zero-order valence-corrected chi connectivity index (χ0v) is 14.1. The Labute approximate surface area is 141 Å². The largest absolute Gasteiger partial charge is 0.395 e. The summed E-state index contributed by atoms with van der Waals surface area (Å²) in [7, 11) is 0. The monoisotopic (exact) mass is 334 g/mol. The molecule has 0 aliphatic carbocycles. The third-order valence-electron chi connectivity index (χ3n) is 4.44. The van der Waals surface area contributed by atoms with Crippen molar-refractivity contribution in [3.05, 3.63) is 35.0 Å². The second-order valence-corrected chi connectivity index (χ2v) is 6.44. The zero-order valence-electron chi connectivity index (χ0n) is 13.4. The van der Waals surface area contributed by atoms with E-state index in [0.29, 0.717) is 5.02 Å². The molecule has 0 bridgehead atoms. The molecule has 124 valence electrons. The highest BCUT2D eigenvalue weighted by Crippen LogP contribution is 2.37. The number of anilines is 1. The number of piperazine rings is 1. The second-order valence-electron chi connectivity index (χ2n) is 6.04. The summed E-state index contributed by atoms with van der Waals surface area (Å²) >= 11 is 6.43. The van der Waals surface area contributed by atoms with Crippen LogP contribution in [0.4, 0.5) is 5.69 Å². The minimum Gasteiger partial charge on any atom is -0.395 e. The van der Waals surface area contributed by atoms with Gasteiger partial charge in [-0.15, -0.1) is 0 Å². The number of hydrogen-bond acceptors (Lipinski definition) is 5. The van der Waals surface area contributed by atoms with E-state index in [1.807, 2.05) is 25.1 Å². The molecule has 1 fully saturated rings. The van der Waals surface area contributed by atoms with Crippen LogP contribution in [0.1, 0.15) is 18.5 Å². The Morgan fingerprint density at radius 2 is 2.09 bits per heavy atom. The molecule has 1 saturated heterocycles. The van der Waals surface area contributed by atoms with Gasteiger partial charge in [0.2, 0.25) is 0 Å². The number of rotatable bonds is 4. The molecular formula is C17H23ClN4O. The minimum absolute atomic E-state index is 0.107. The Kier molecular flexibility index (Phi) is 5.02. The molecule has 1 unspecified atom stereocenters. The number of hydrogen-bond donors (Lipinski definition) is 2. The number of aliphatic hydroxyl groups excluding tert-OH is 1. The molecule has 0 amide bonds. The van der Waals surface area contributed by atoms with Crippen LogP contribution >= 0.6 is 11.6 Å². The smallest absolute Gasteiger partial charge is 0.0953 e. The molecule has 0 saturated carbocycles. The quantitative estimate of drug-likeness (QED) is 0.895. The van der Waals surface area contributed by atoms with E-state index >= 15 is 0 Å². The van der Waals surface area contributed by atoms with Crippen LogP contribution in [0.25, 0.3) is 10.9 Å². The Balaban J connectivity index is 2.02. The SMILES string of the molecule is CC(N)c1cc(Cl)c2cccnc2c1N1CCN(CCO)CC1. The van der Waals surface area contributed by atoms with Crippen molar-refractivity contribution in [3.8, 4) is 0 Å². The standard InChI is InChI=1S/C17H23ClN4O/c1-12(19)14-11-15(18)13-3-2-4-20-16(13)17(14)22-7-5-21(6-8-22)9-10-23/h2-4,11-12,23H,5-10,19H2,1H3. The Morgan fingerprint density at radius 1 is 1.35 bits per heavy atom. The third-order valence-corrected chi connectivity index (χ3v) is 4.75. The maximum Gasteiger partial charge on any atom is 0.0953 e. The van der Waals surface area contributed by atoms with Crippen LogP contribution in [-0.4, -0.2) is 54.3 Å². The van der Waals surface area contributed by atoms with Crippen molar-refractivity contribution in [2.45, 2.75) is 13.0 Å². The van der Waals surface area contributed by atoms with Crippen LogP contribution in [0.5, 0.6) is 0 Å². The molecule has 0 spiro atoms. The third kappa shape index (κ3) is 3.28. The molecule has 3 rings (SSSR count). The Hall–Kier alpha value is -1.40. The summed E-state index contributed by atoms with van der Waals surface area (Å²) in [4.78, 5) is 9.20. The summed E-state index contributed by atoms with van der Waals surface area (Å²) < 4.78 is 0. The normalized spacial score (nSPS) is 17.7. The summed E-state index contributed by atoms with van der Waals surface area (Å²) in [6, 6.07) is 5.78. The zero-order chi connectivity index (χ0) is 16.4. The molecule has 2 heterocycles. The summed E-state index contributed by atoms with van der Waals surface area (Å²) in [5, 5.41) is 10.8. The van der Waals surface area contributed by atoms with E-state index in [1.165, 1.54) is 0 Å². The summed E-state index contributed by atoms with van der Waals surface area (Å²) in [6.45, 7) is 6.56. The predicted molar refractivity (Wildman–Crippen MR) is 95.1 cm³/mol. The summed E-state index contributed by atoms with van der Waals surface area (Å²) in [6.07, 6.45) is 1.80. The summed E-state index contributed by atoms with van der Waals surface area (Å²) in [5.41, 5.74) is 9.26. The van der Waals surface area contributed by atoms with E-state index in [1.54, 1.807) is 6.20 Å². The molecule has 1 aliphatic heterocycles. The minimum atomic E-state index is -0.107. The number of β-amino-alcohol motifs (C(OH)–C–C–N with tert-alkyl or cyclic N) is 1. The molecule has 5 nitrogen and oxygen atoms in total. The highest BCUT2D eigenvalue weighted by Gasteiger charge is 2.23. The highest BCUT2D eigenvalue weighted by molar-refractivity contribution is 6.36. The molecule has 23 heavy (non-hydrogen) atoms. The number of nitrogens with two attached hydrogens (primary N) is 1. The molecule has 1 atom stereocenters. The number of aliphatic hydroxyl groups is 1. The number of fused-ring (bicyclic) bond motifs is 1. The lowest BCUT2D eigenvalue weighted by Gasteiger charge is -2.37. The van der Waals surface area contributed by atoms with Gasteiger partial charge in [-0.2, -0.15) is 0 Å². The Morgan fingerprint density at radius 3 is 2.74 bits per heavy atom. The van der Waals surface area contributed by atoms with Crippen LogP contribution in [-0.2, 0) is 0 Å². The second kappa shape index (κ2) is 7.01. The van der Waals surface area contributed by atoms with Crippen molar-refractivity contribution in [2.24, 2.45) is 5.73 Å². The number of aromatic nitrogens is 1. The van der Waals surface area contributed by atoms with Crippen LogP contribution in [0.3, 0.4) is 0 Å². The van der Waals surface area contributed by atoms with Gasteiger partial charge in [0, 0.05) is 50.3 Å². The molecule has 1 aromatic heterocycles. The molecule has 0 radical (unpaired) electrons. The van der Waals surface area contributed by atoms with Gasteiger partial charge in [-0.1, -0.05) is 11.6 Å². The number of nitrogens with zero attached hydrogens (tertiary/aromatic N) is 3. The van der Waals surface area contributed by atoms with Gasteiger partial charge < -0.3 is 15.7 Å². The van der Waals surface area contributed by atoms with E-state index in [-0.39, 0.29) is 12.6 Å². The maximum absolute atomic E-state index is 9.09. The van der Waals surface area contributed by atoms with Crippen molar-refractivity contribution < 1.29 is 5.11 Å². The lowest BCUT2D eigenvalue weighted by atomic mass is 10.0. The topological polar surface area (TPSA) is 65.6 Å².